The van der Waals surface area contributed by atoms with E-state index in [1.165, 1.54) is 6.07 Å². The monoisotopic (exact) mass is 417 g/mol. The molecule has 28 heavy (non-hydrogen) atoms. The molecule has 0 aromatic heterocycles. The van der Waals surface area contributed by atoms with Crippen molar-refractivity contribution in [2.24, 2.45) is 16.7 Å². The molecule has 156 valence electrons. The maximum Gasteiger partial charge on any atom is 0.275 e. The first-order chi connectivity index (χ1) is 12.8. The SMILES string of the molecule is CC12CCC(C(S(=O)(=O)O)C1=O)C2(C)C.C[C@H]1COc2c(ccc(F)c2F)N1. The molecule has 1 heterocycles. The molecule has 2 N–H and O–H groups in total. The van der Waals surface area contributed by atoms with Gasteiger partial charge in [0.15, 0.2) is 17.3 Å². The summed E-state index contributed by atoms with van der Waals surface area (Å²) in [7, 11) is -4.24. The van der Waals surface area contributed by atoms with Crippen LogP contribution in [0.15, 0.2) is 12.1 Å². The molecule has 4 rings (SSSR count). The molecule has 4 atom stereocenters. The van der Waals surface area contributed by atoms with E-state index in [4.69, 9.17) is 9.29 Å². The van der Waals surface area contributed by atoms with Crippen molar-refractivity contribution < 1.29 is 31.3 Å². The van der Waals surface area contributed by atoms with Crippen LogP contribution in [0.3, 0.4) is 0 Å². The van der Waals surface area contributed by atoms with Crippen LogP contribution in [-0.4, -0.2) is 36.7 Å². The second-order valence-corrected chi connectivity index (χ2v) is 10.1. The molecule has 1 aromatic rings. The van der Waals surface area contributed by atoms with Gasteiger partial charge in [-0.3, -0.25) is 9.35 Å². The van der Waals surface area contributed by atoms with Crippen molar-refractivity contribution in [2.75, 3.05) is 11.9 Å². The summed E-state index contributed by atoms with van der Waals surface area (Å²) < 4.78 is 62.4. The molecule has 3 aliphatic rings. The molecule has 2 saturated carbocycles. The molecule has 2 fully saturated rings. The van der Waals surface area contributed by atoms with Gasteiger partial charge in [0.1, 0.15) is 11.9 Å². The fraction of sp³-hybridized carbons (Fsp3) is 0.632. The van der Waals surface area contributed by atoms with Gasteiger partial charge in [0.25, 0.3) is 10.1 Å². The molecule has 2 bridgehead atoms. The molecule has 3 unspecified atom stereocenters. The second-order valence-electron chi connectivity index (χ2n) is 8.59. The zero-order valence-electron chi connectivity index (χ0n) is 16.3. The number of carbonyl (C=O) groups is 1. The summed E-state index contributed by atoms with van der Waals surface area (Å²) in [5.74, 6) is -2.35. The molecular formula is C19H25F2NO5S. The number of ether oxygens (including phenoxy) is 1. The molecule has 0 saturated heterocycles. The number of nitrogens with one attached hydrogen (secondary N) is 1. The topological polar surface area (TPSA) is 92.7 Å². The van der Waals surface area contributed by atoms with Crippen LogP contribution >= 0.6 is 0 Å². The van der Waals surface area contributed by atoms with E-state index in [0.29, 0.717) is 18.7 Å². The number of hydrogen-bond donors (Lipinski definition) is 2. The molecule has 1 aromatic carbocycles. The highest BCUT2D eigenvalue weighted by atomic mass is 32.2. The summed E-state index contributed by atoms with van der Waals surface area (Å²) in [6, 6.07) is 2.68. The van der Waals surface area contributed by atoms with Crippen molar-refractivity contribution in [3.05, 3.63) is 23.8 Å². The van der Waals surface area contributed by atoms with Crippen molar-refractivity contribution in [1.82, 2.24) is 0 Å². The first kappa shape index (κ1) is 21.0. The Labute approximate surface area is 163 Å². The Bertz CT molecular complexity index is 917. The quantitative estimate of drug-likeness (QED) is 0.680. The minimum atomic E-state index is -4.24. The van der Waals surface area contributed by atoms with Gasteiger partial charge < -0.3 is 10.1 Å². The van der Waals surface area contributed by atoms with Crippen LogP contribution in [-0.2, 0) is 14.9 Å². The Morgan fingerprint density at radius 3 is 2.39 bits per heavy atom. The third kappa shape index (κ3) is 3.08. The summed E-state index contributed by atoms with van der Waals surface area (Å²) in [6.07, 6.45) is 1.44. The number of rotatable bonds is 1. The fourth-order valence-electron chi connectivity index (χ4n) is 4.65. The average molecular weight is 417 g/mol. The first-order valence-electron chi connectivity index (χ1n) is 9.18. The number of fused-ring (bicyclic) bond motifs is 3. The lowest BCUT2D eigenvalue weighted by molar-refractivity contribution is -0.128. The van der Waals surface area contributed by atoms with E-state index in [2.05, 4.69) is 5.32 Å². The standard InChI is InChI=1S/C10H16O4S.C9H9F2NO/c1-9(2)6-4-5-10(9,3)8(11)7(6)15(12,13)14;1-5-4-13-9-7(12-5)3-2-6(10)8(9)11/h6-7H,4-5H2,1-3H3,(H,12,13,14);2-3,5,12H,4H2,1H3/t;5-/m.0/s1. The molecule has 0 spiro atoms. The van der Waals surface area contributed by atoms with Gasteiger partial charge in [-0.15, -0.1) is 0 Å². The van der Waals surface area contributed by atoms with Gasteiger partial charge in [-0.1, -0.05) is 20.8 Å². The average Bonchev–Trinajstić information content (AvgIpc) is 2.90. The minimum Gasteiger partial charge on any atom is -0.486 e. The highest BCUT2D eigenvalue weighted by molar-refractivity contribution is 7.87. The number of halogens is 2. The van der Waals surface area contributed by atoms with Crippen LogP contribution in [0.4, 0.5) is 14.5 Å². The van der Waals surface area contributed by atoms with Crippen LogP contribution in [0, 0.1) is 28.4 Å². The number of ketones is 1. The van der Waals surface area contributed by atoms with Gasteiger partial charge in [0.2, 0.25) is 5.82 Å². The fourth-order valence-corrected chi connectivity index (χ4v) is 6.07. The van der Waals surface area contributed by atoms with E-state index in [1.807, 2.05) is 27.7 Å². The minimum absolute atomic E-state index is 0.0156. The third-order valence-corrected chi connectivity index (χ3v) is 7.91. The van der Waals surface area contributed by atoms with Gasteiger partial charge in [0.05, 0.1) is 11.7 Å². The Balaban J connectivity index is 0.000000162. The van der Waals surface area contributed by atoms with Crippen LogP contribution in [0.2, 0.25) is 0 Å². The van der Waals surface area contributed by atoms with Crippen LogP contribution in [0.5, 0.6) is 5.75 Å². The summed E-state index contributed by atoms with van der Waals surface area (Å²) in [6.45, 7) is 7.93. The van der Waals surface area contributed by atoms with E-state index >= 15 is 0 Å². The zero-order valence-corrected chi connectivity index (χ0v) is 17.1. The van der Waals surface area contributed by atoms with Crippen LogP contribution in [0.25, 0.3) is 0 Å². The summed E-state index contributed by atoms with van der Waals surface area (Å²) in [5.41, 5.74) is -0.402. The van der Waals surface area contributed by atoms with Crippen molar-refractivity contribution in [2.45, 2.75) is 51.8 Å². The Morgan fingerprint density at radius 1 is 1.25 bits per heavy atom. The first-order valence-corrected chi connectivity index (χ1v) is 10.7. The van der Waals surface area contributed by atoms with Crippen molar-refractivity contribution >= 4 is 21.6 Å². The summed E-state index contributed by atoms with van der Waals surface area (Å²) in [5, 5.41) is 1.81. The highest BCUT2D eigenvalue weighted by Gasteiger charge is 2.69. The molecule has 1 aliphatic heterocycles. The van der Waals surface area contributed by atoms with Crippen LogP contribution in [0.1, 0.15) is 40.5 Å². The number of benzene rings is 1. The molecular weight excluding hydrogens is 392 g/mol. The maximum atomic E-state index is 13.1. The lowest BCUT2D eigenvalue weighted by Gasteiger charge is -2.32. The smallest absolute Gasteiger partial charge is 0.275 e. The maximum absolute atomic E-state index is 13.1. The van der Waals surface area contributed by atoms with Crippen LogP contribution < -0.4 is 10.1 Å². The van der Waals surface area contributed by atoms with E-state index in [-0.39, 0.29) is 28.9 Å². The Kier molecular flexibility index (Phi) is 4.99. The number of anilines is 1. The predicted molar refractivity (Wildman–Crippen MR) is 99.9 cm³/mol. The highest BCUT2D eigenvalue weighted by Crippen LogP contribution is 2.64. The van der Waals surface area contributed by atoms with Crippen molar-refractivity contribution in [3.8, 4) is 5.75 Å². The Morgan fingerprint density at radius 2 is 1.89 bits per heavy atom. The van der Waals surface area contributed by atoms with Gasteiger partial charge in [-0.2, -0.15) is 12.8 Å². The van der Waals surface area contributed by atoms with E-state index in [0.717, 1.165) is 12.5 Å². The van der Waals surface area contributed by atoms with Gasteiger partial charge in [0, 0.05) is 5.41 Å². The number of Topliss-reactive ketones (excluding diaryl/α,β-unsaturated/α-hetero) is 1. The van der Waals surface area contributed by atoms with Gasteiger partial charge in [-0.25, -0.2) is 4.39 Å². The second kappa shape index (κ2) is 6.66. The zero-order chi connectivity index (χ0) is 21.1. The number of hydrogen-bond acceptors (Lipinski definition) is 5. The Hall–Kier alpha value is -1.74. The van der Waals surface area contributed by atoms with E-state index in [1.54, 1.807) is 0 Å². The molecule has 0 radical (unpaired) electrons. The normalized spacial score (nSPS) is 32.7. The van der Waals surface area contributed by atoms with E-state index < -0.39 is 32.4 Å². The van der Waals surface area contributed by atoms with Gasteiger partial charge in [-0.05, 0) is 43.2 Å². The van der Waals surface area contributed by atoms with Crippen molar-refractivity contribution in [3.63, 3.8) is 0 Å². The predicted octanol–water partition coefficient (Wildman–Crippen LogP) is 3.43. The number of carbonyl (C=O) groups excluding carboxylic acids is 1. The molecule has 6 nitrogen and oxygen atoms in total. The largest absolute Gasteiger partial charge is 0.486 e. The summed E-state index contributed by atoms with van der Waals surface area (Å²) in [4.78, 5) is 12.0. The molecule has 2 aliphatic carbocycles. The lowest BCUT2D eigenvalue weighted by Crippen LogP contribution is -2.38. The van der Waals surface area contributed by atoms with E-state index in [9.17, 15) is 22.0 Å². The third-order valence-electron chi connectivity index (χ3n) is 6.72. The van der Waals surface area contributed by atoms with Crippen molar-refractivity contribution in [1.29, 1.82) is 0 Å². The summed E-state index contributed by atoms with van der Waals surface area (Å²) >= 11 is 0. The molecule has 9 heteroatoms. The molecule has 0 amide bonds. The van der Waals surface area contributed by atoms with Gasteiger partial charge >= 0.3 is 0 Å². The lowest BCUT2D eigenvalue weighted by atomic mass is 9.70.